The first-order valence-corrected chi connectivity index (χ1v) is 33.4. The van der Waals surface area contributed by atoms with Gasteiger partial charge in [-0.25, -0.2) is 4.57 Å². The highest BCUT2D eigenvalue weighted by Crippen LogP contribution is 2.43. The molecule has 0 heterocycles. The molecule has 0 rings (SSSR count). The molecule has 8 nitrogen and oxygen atoms in total. The Balaban J connectivity index is 3.96. The maximum Gasteiger partial charge on any atom is 0.472 e. The zero-order valence-corrected chi connectivity index (χ0v) is 50.1. The van der Waals surface area contributed by atoms with Gasteiger partial charge in [-0.3, -0.25) is 13.8 Å². The number of carbonyl (C=O) groups excluding carboxylic acids is 1. The summed E-state index contributed by atoms with van der Waals surface area (Å²) in [6.07, 6.45) is 68.7. The van der Waals surface area contributed by atoms with Crippen molar-refractivity contribution in [3.63, 3.8) is 0 Å². The number of carbonyl (C=O) groups is 1. The summed E-state index contributed by atoms with van der Waals surface area (Å²) in [6, 6.07) is 0. The van der Waals surface area contributed by atoms with Crippen molar-refractivity contribution in [1.29, 1.82) is 0 Å². The Morgan fingerprint density at radius 2 is 0.722 bits per heavy atom. The Morgan fingerprint density at radius 1 is 0.417 bits per heavy atom. The van der Waals surface area contributed by atoms with Crippen LogP contribution in [0.15, 0.2) is 12.2 Å². The third-order valence-electron chi connectivity index (χ3n) is 14.6. The van der Waals surface area contributed by atoms with Crippen LogP contribution >= 0.6 is 7.82 Å². The standard InChI is InChI=1S/C63H126NO7P/c1-6-8-10-12-14-16-18-20-22-24-26-28-30-32-33-35-37-39-41-43-45-47-49-51-53-55-58-68-60-62(61-70-72(66,67)69-59-57-64(3,4)5)71-63(65)56-54-52-50-48-46-44-42-40-38-36-34-31-29-27-25-23-21-19-17-15-13-11-9-7-2/h24,26,62H,6-23,25,27-61H2,1-5H3/p+1/b26-24-. The molecule has 0 amide bonds. The number of likely N-dealkylation sites (N-methyl/N-ethyl adjacent to an activating group) is 1. The second-order valence-corrected chi connectivity index (χ2v) is 24.6. The minimum absolute atomic E-state index is 0.0931. The molecule has 0 aliphatic carbocycles. The molecule has 0 fully saturated rings. The van der Waals surface area contributed by atoms with Gasteiger partial charge in [-0.1, -0.05) is 296 Å². The zero-order chi connectivity index (χ0) is 52.6. The first-order valence-electron chi connectivity index (χ1n) is 31.9. The largest absolute Gasteiger partial charge is 0.472 e. The van der Waals surface area contributed by atoms with Crippen molar-refractivity contribution in [3.8, 4) is 0 Å². The van der Waals surface area contributed by atoms with Gasteiger partial charge in [0.2, 0.25) is 0 Å². The molecule has 0 aromatic rings. The summed E-state index contributed by atoms with van der Waals surface area (Å²) >= 11 is 0. The molecule has 2 atom stereocenters. The lowest BCUT2D eigenvalue weighted by Crippen LogP contribution is -2.37. The topological polar surface area (TPSA) is 91.3 Å². The molecule has 0 aliphatic heterocycles. The average molecular weight is 1040 g/mol. The highest BCUT2D eigenvalue weighted by atomic mass is 31.2. The van der Waals surface area contributed by atoms with Gasteiger partial charge in [0.25, 0.3) is 0 Å². The van der Waals surface area contributed by atoms with Crippen molar-refractivity contribution < 1.29 is 37.3 Å². The third kappa shape index (κ3) is 60.1. The second-order valence-electron chi connectivity index (χ2n) is 23.2. The Bertz CT molecular complexity index is 1160. The van der Waals surface area contributed by atoms with Gasteiger partial charge in [0, 0.05) is 13.0 Å². The van der Waals surface area contributed by atoms with Gasteiger partial charge in [0.1, 0.15) is 19.3 Å². The number of phosphoric ester groups is 1. The normalized spacial score (nSPS) is 13.4. The number of phosphoric acid groups is 1. The van der Waals surface area contributed by atoms with E-state index < -0.39 is 13.9 Å². The number of allylic oxidation sites excluding steroid dienone is 2. The Morgan fingerprint density at radius 3 is 1.06 bits per heavy atom. The van der Waals surface area contributed by atoms with Crippen LogP contribution in [-0.4, -0.2) is 75.6 Å². The SMILES string of the molecule is CCCCCCCCCC/C=C\CCCCCCCCCCCCCCCCOCC(COP(=O)(O)OCC[N+](C)(C)C)OC(=O)CCCCCCCCCCCCCCCCCCCCCCCCCC. The van der Waals surface area contributed by atoms with Crippen molar-refractivity contribution in [2.24, 2.45) is 0 Å². The summed E-state index contributed by atoms with van der Waals surface area (Å²) in [5.41, 5.74) is 0. The summed E-state index contributed by atoms with van der Waals surface area (Å²) in [6.45, 7) is 5.71. The van der Waals surface area contributed by atoms with E-state index in [0.29, 0.717) is 24.1 Å². The summed E-state index contributed by atoms with van der Waals surface area (Å²) in [5.74, 6) is -0.303. The number of nitrogens with zero attached hydrogens (tertiary/aromatic N) is 1. The Hall–Kier alpha value is -0.760. The molecule has 0 saturated carbocycles. The fraction of sp³-hybridized carbons (Fsp3) is 0.952. The van der Waals surface area contributed by atoms with Gasteiger partial charge in [0.05, 0.1) is 34.4 Å². The Labute approximate surface area is 450 Å². The molecule has 1 N–H and O–H groups in total. The van der Waals surface area contributed by atoms with Crippen LogP contribution in [0, 0.1) is 0 Å². The number of unbranched alkanes of at least 4 members (excludes halogenated alkanes) is 45. The fourth-order valence-corrected chi connectivity index (χ4v) is 10.4. The van der Waals surface area contributed by atoms with Crippen LogP contribution in [0.5, 0.6) is 0 Å². The number of ether oxygens (including phenoxy) is 2. The predicted octanol–water partition coefficient (Wildman–Crippen LogP) is 20.5. The molecule has 430 valence electrons. The molecule has 0 saturated heterocycles. The van der Waals surface area contributed by atoms with Crippen molar-refractivity contribution >= 4 is 13.8 Å². The van der Waals surface area contributed by atoms with Crippen LogP contribution < -0.4 is 0 Å². The number of esters is 1. The van der Waals surface area contributed by atoms with Gasteiger partial charge < -0.3 is 18.9 Å². The van der Waals surface area contributed by atoms with Crippen LogP contribution in [0.3, 0.4) is 0 Å². The van der Waals surface area contributed by atoms with Gasteiger partial charge in [-0.05, 0) is 38.5 Å². The molecule has 0 aliphatic rings. The molecule has 0 spiro atoms. The minimum Gasteiger partial charge on any atom is -0.457 e. The van der Waals surface area contributed by atoms with Gasteiger partial charge in [0.15, 0.2) is 0 Å². The predicted molar refractivity (Wildman–Crippen MR) is 312 cm³/mol. The second kappa shape index (κ2) is 56.4. The highest BCUT2D eigenvalue weighted by Gasteiger charge is 2.26. The first kappa shape index (κ1) is 71.2. The maximum atomic E-state index is 12.8. The first-order chi connectivity index (χ1) is 35.1. The van der Waals surface area contributed by atoms with E-state index in [4.69, 9.17) is 18.5 Å². The monoisotopic (exact) mass is 1040 g/mol. The number of hydrogen-bond donors (Lipinski definition) is 1. The number of quaternary nitrogens is 1. The van der Waals surface area contributed by atoms with E-state index in [0.717, 1.165) is 32.1 Å². The molecule has 0 radical (unpaired) electrons. The van der Waals surface area contributed by atoms with Crippen LogP contribution in [0.2, 0.25) is 0 Å². The van der Waals surface area contributed by atoms with Gasteiger partial charge in [-0.2, -0.15) is 0 Å². The lowest BCUT2D eigenvalue weighted by Gasteiger charge is -2.24. The third-order valence-corrected chi connectivity index (χ3v) is 15.6. The molecule has 0 aromatic carbocycles. The van der Waals surface area contributed by atoms with Crippen LogP contribution in [0.4, 0.5) is 0 Å². The number of rotatable bonds is 61. The quantitative estimate of drug-likeness (QED) is 0.0213. The smallest absolute Gasteiger partial charge is 0.457 e. The maximum absolute atomic E-state index is 12.8. The summed E-state index contributed by atoms with van der Waals surface area (Å²) in [5, 5.41) is 0. The van der Waals surface area contributed by atoms with Crippen LogP contribution in [0.1, 0.15) is 328 Å². The lowest BCUT2D eigenvalue weighted by molar-refractivity contribution is -0.870. The molecular formula is C63H127NO7P+. The van der Waals surface area contributed by atoms with E-state index in [2.05, 4.69) is 26.0 Å². The van der Waals surface area contributed by atoms with Crippen molar-refractivity contribution in [2.75, 3.05) is 54.1 Å². The van der Waals surface area contributed by atoms with E-state index in [1.807, 2.05) is 21.1 Å². The molecule has 0 bridgehead atoms. The van der Waals surface area contributed by atoms with Crippen molar-refractivity contribution in [1.82, 2.24) is 0 Å². The minimum atomic E-state index is -4.28. The van der Waals surface area contributed by atoms with Crippen molar-refractivity contribution in [3.05, 3.63) is 12.2 Å². The molecule has 72 heavy (non-hydrogen) atoms. The van der Waals surface area contributed by atoms with E-state index in [1.165, 1.54) is 276 Å². The lowest BCUT2D eigenvalue weighted by atomic mass is 10.0. The molecule has 0 aromatic heterocycles. The zero-order valence-electron chi connectivity index (χ0n) is 49.2. The van der Waals surface area contributed by atoms with Crippen LogP contribution in [0.25, 0.3) is 0 Å². The highest BCUT2D eigenvalue weighted by molar-refractivity contribution is 7.47. The van der Waals surface area contributed by atoms with Crippen LogP contribution in [-0.2, 0) is 27.9 Å². The van der Waals surface area contributed by atoms with E-state index in [-0.39, 0.29) is 25.8 Å². The summed E-state index contributed by atoms with van der Waals surface area (Å²) in [4.78, 5) is 23.1. The molecule has 9 heteroatoms. The van der Waals surface area contributed by atoms with Gasteiger partial charge in [-0.15, -0.1) is 0 Å². The van der Waals surface area contributed by atoms with Crippen molar-refractivity contribution in [2.45, 2.75) is 335 Å². The fourth-order valence-electron chi connectivity index (χ4n) is 9.67. The summed E-state index contributed by atoms with van der Waals surface area (Å²) in [7, 11) is 1.69. The molecular weight excluding hydrogens is 914 g/mol. The van der Waals surface area contributed by atoms with E-state index in [1.54, 1.807) is 0 Å². The average Bonchev–Trinajstić information content (AvgIpc) is 3.34. The van der Waals surface area contributed by atoms with E-state index in [9.17, 15) is 14.3 Å². The van der Waals surface area contributed by atoms with E-state index >= 15 is 0 Å². The summed E-state index contributed by atoms with van der Waals surface area (Å²) < 4.78 is 35.4. The Kier molecular flexibility index (Phi) is 55.8. The number of hydrogen-bond acceptors (Lipinski definition) is 6. The molecule has 2 unspecified atom stereocenters. The van der Waals surface area contributed by atoms with Gasteiger partial charge >= 0.3 is 13.8 Å².